The van der Waals surface area contributed by atoms with E-state index in [0.717, 1.165) is 4.90 Å². The first-order valence-electron chi connectivity index (χ1n) is 4.78. The second-order valence-corrected chi connectivity index (χ2v) is 3.69. The number of likely N-dealkylation sites (N-methyl/N-ethyl adjacent to an activating group) is 1. The number of nitrogens with two attached hydrogens (primary N) is 1. The summed E-state index contributed by atoms with van der Waals surface area (Å²) in [6.07, 6.45) is 0. The van der Waals surface area contributed by atoms with Crippen LogP contribution in [0.1, 0.15) is 13.8 Å². The Hall–Kier alpha value is -1.79. The molecule has 0 fully saturated rings. The number of nitrogens with zero attached hydrogens (tertiary/aromatic N) is 1. The second-order valence-electron chi connectivity index (χ2n) is 3.69. The summed E-state index contributed by atoms with van der Waals surface area (Å²) in [5.41, 5.74) is 4.92. The highest BCUT2D eigenvalue weighted by Crippen LogP contribution is 2.02. The first-order chi connectivity index (χ1) is 7.25. The molecule has 2 atom stereocenters. The zero-order valence-corrected chi connectivity index (χ0v) is 9.56. The maximum absolute atomic E-state index is 11.4. The monoisotopic (exact) mass is 231 g/mol. The molecule has 0 aromatic carbocycles. The maximum atomic E-state index is 11.4. The van der Waals surface area contributed by atoms with E-state index in [2.05, 4.69) is 5.32 Å². The highest BCUT2D eigenvalue weighted by molar-refractivity contribution is 5.83. The number of nitrogens with one attached hydrogen (secondary N) is 1. The summed E-state index contributed by atoms with van der Waals surface area (Å²) in [5.74, 6) is -2.33. The lowest BCUT2D eigenvalue weighted by atomic mass is 10.0. The number of aliphatic carboxylic acids is 1. The fourth-order valence-electron chi connectivity index (χ4n) is 0.949. The van der Waals surface area contributed by atoms with Gasteiger partial charge in [0, 0.05) is 13.1 Å². The molecule has 0 heterocycles. The molecule has 4 N–H and O–H groups in total. The summed E-state index contributed by atoms with van der Waals surface area (Å²) >= 11 is 0. The summed E-state index contributed by atoms with van der Waals surface area (Å²) in [6, 6.07) is -1.06. The highest BCUT2D eigenvalue weighted by Gasteiger charge is 2.22. The van der Waals surface area contributed by atoms with Crippen molar-refractivity contribution in [2.24, 2.45) is 11.7 Å². The SMILES string of the molecule is CC(NC(=O)N(C)CC(N)=O)C(C)C(=O)O. The van der Waals surface area contributed by atoms with E-state index in [4.69, 9.17) is 10.8 Å². The largest absolute Gasteiger partial charge is 0.481 e. The van der Waals surface area contributed by atoms with E-state index in [9.17, 15) is 14.4 Å². The second kappa shape index (κ2) is 5.94. The van der Waals surface area contributed by atoms with Gasteiger partial charge in [-0.15, -0.1) is 0 Å². The van der Waals surface area contributed by atoms with Crippen molar-refractivity contribution in [1.29, 1.82) is 0 Å². The minimum atomic E-state index is -0.995. The molecular weight excluding hydrogens is 214 g/mol. The predicted octanol–water partition coefficient (Wildman–Crippen LogP) is -0.778. The molecule has 0 aliphatic heterocycles. The Morgan fingerprint density at radius 1 is 1.38 bits per heavy atom. The molecule has 0 rings (SSSR count). The minimum Gasteiger partial charge on any atom is -0.481 e. The van der Waals surface area contributed by atoms with Gasteiger partial charge in [-0.3, -0.25) is 9.59 Å². The van der Waals surface area contributed by atoms with Crippen LogP contribution >= 0.6 is 0 Å². The number of primary amides is 1. The van der Waals surface area contributed by atoms with Gasteiger partial charge in [-0.1, -0.05) is 0 Å². The number of carboxylic acid groups (broad SMARTS) is 1. The van der Waals surface area contributed by atoms with Crippen LogP contribution in [0, 0.1) is 5.92 Å². The van der Waals surface area contributed by atoms with Crippen molar-refractivity contribution in [2.45, 2.75) is 19.9 Å². The fourth-order valence-corrected chi connectivity index (χ4v) is 0.949. The van der Waals surface area contributed by atoms with Crippen molar-refractivity contribution < 1.29 is 19.5 Å². The standard InChI is InChI=1S/C9H17N3O4/c1-5(8(14)15)6(2)11-9(16)12(3)4-7(10)13/h5-6H,4H2,1-3H3,(H2,10,13)(H,11,16)(H,14,15). The number of carboxylic acids is 1. The van der Waals surface area contributed by atoms with Crippen LogP contribution in [-0.2, 0) is 9.59 Å². The third kappa shape index (κ3) is 4.63. The molecule has 0 saturated heterocycles. The lowest BCUT2D eigenvalue weighted by Crippen LogP contribution is -2.47. The summed E-state index contributed by atoms with van der Waals surface area (Å²) in [4.78, 5) is 33.7. The number of carbonyl (C=O) groups excluding carboxylic acids is 2. The van der Waals surface area contributed by atoms with E-state index < -0.39 is 29.9 Å². The summed E-state index contributed by atoms with van der Waals surface area (Å²) in [5, 5.41) is 11.2. The first-order valence-corrected chi connectivity index (χ1v) is 4.78. The van der Waals surface area contributed by atoms with Crippen LogP contribution in [0.15, 0.2) is 0 Å². The number of amides is 3. The predicted molar refractivity (Wildman–Crippen MR) is 56.6 cm³/mol. The molecule has 0 spiro atoms. The summed E-state index contributed by atoms with van der Waals surface area (Å²) in [7, 11) is 1.40. The third-order valence-electron chi connectivity index (χ3n) is 2.23. The fraction of sp³-hybridized carbons (Fsp3) is 0.667. The van der Waals surface area contributed by atoms with Gasteiger partial charge in [0.1, 0.15) is 6.54 Å². The van der Waals surface area contributed by atoms with E-state index >= 15 is 0 Å². The molecule has 0 aliphatic carbocycles. The van der Waals surface area contributed by atoms with Crippen LogP contribution in [0.4, 0.5) is 4.79 Å². The molecular formula is C9H17N3O4. The Balaban J connectivity index is 4.23. The summed E-state index contributed by atoms with van der Waals surface area (Å²) in [6.45, 7) is 2.86. The van der Waals surface area contributed by atoms with E-state index in [1.807, 2.05) is 0 Å². The molecule has 0 radical (unpaired) electrons. The third-order valence-corrected chi connectivity index (χ3v) is 2.23. The number of urea groups is 1. The number of carbonyl (C=O) groups is 3. The maximum Gasteiger partial charge on any atom is 0.317 e. The average Bonchev–Trinajstić information content (AvgIpc) is 2.14. The van der Waals surface area contributed by atoms with Gasteiger partial charge in [0.25, 0.3) is 0 Å². The van der Waals surface area contributed by atoms with Crippen molar-refractivity contribution >= 4 is 17.9 Å². The zero-order valence-electron chi connectivity index (χ0n) is 9.56. The number of rotatable bonds is 5. The topological polar surface area (TPSA) is 113 Å². The molecule has 7 heteroatoms. The molecule has 3 amide bonds. The molecule has 7 nitrogen and oxygen atoms in total. The van der Waals surface area contributed by atoms with Gasteiger partial charge < -0.3 is 21.1 Å². The Morgan fingerprint density at radius 3 is 2.25 bits per heavy atom. The van der Waals surface area contributed by atoms with Crippen LogP contribution in [0.25, 0.3) is 0 Å². The summed E-state index contributed by atoms with van der Waals surface area (Å²) < 4.78 is 0. The molecule has 2 unspecified atom stereocenters. The first kappa shape index (κ1) is 14.2. The normalized spacial score (nSPS) is 13.7. The van der Waals surface area contributed by atoms with E-state index in [1.165, 1.54) is 14.0 Å². The van der Waals surface area contributed by atoms with Crippen LogP contribution in [-0.4, -0.2) is 47.5 Å². The van der Waals surface area contributed by atoms with Gasteiger partial charge in [0.15, 0.2) is 0 Å². The zero-order chi connectivity index (χ0) is 12.9. The molecule has 0 saturated carbocycles. The molecule has 92 valence electrons. The average molecular weight is 231 g/mol. The quantitative estimate of drug-likeness (QED) is 0.576. The van der Waals surface area contributed by atoms with Crippen molar-refractivity contribution in [3.8, 4) is 0 Å². The molecule has 0 aliphatic rings. The smallest absolute Gasteiger partial charge is 0.317 e. The van der Waals surface area contributed by atoms with Gasteiger partial charge in [-0.25, -0.2) is 4.79 Å². The molecule has 16 heavy (non-hydrogen) atoms. The highest BCUT2D eigenvalue weighted by atomic mass is 16.4. The van der Waals surface area contributed by atoms with Gasteiger partial charge in [-0.05, 0) is 13.8 Å². The van der Waals surface area contributed by atoms with E-state index in [1.54, 1.807) is 6.92 Å². The van der Waals surface area contributed by atoms with Gasteiger partial charge in [-0.2, -0.15) is 0 Å². The lowest BCUT2D eigenvalue weighted by Gasteiger charge is -2.22. The Bertz CT molecular complexity index is 292. The minimum absolute atomic E-state index is 0.208. The molecule has 0 bridgehead atoms. The van der Waals surface area contributed by atoms with Crippen molar-refractivity contribution in [3.05, 3.63) is 0 Å². The van der Waals surface area contributed by atoms with Crippen LogP contribution < -0.4 is 11.1 Å². The Morgan fingerprint density at radius 2 is 1.88 bits per heavy atom. The number of hydrogen-bond acceptors (Lipinski definition) is 3. The van der Waals surface area contributed by atoms with Crippen molar-refractivity contribution in [1.82, 2.24) is 10.2 Å². The Labute approximate surface area is 93.6 Å². The number of hydrogen-bond donors (Lipinski definition) is 3. The van der Waals surface area contributed by atoms with Crippen LogP contribution in [0.5, 0.6) is 0 Å². The van der Waals surface area contributed by atoms with E-state index in [-0.39, 0.29) is 6.54 Å². The van der Waals surface area contributed by atoms with Crippen LogP contribution in [0.3, 0.4) is 0 Å². The molecule has 0 aromatic heterocycles. The molecule has 0 aromatic rings. The van der Waals surface area contributed by atoms with E-state index in [0.29, 0.717) is 0 Å². The van der Waals surface area contributed by atoms with Crippen molar-refractivity contribution in [3.63, 3.8) is 0 Å². The van der Waals surface area contributed by atoms with Crippen LogP contribution in [0.2, 0.25) is 0 Å². The Kier molecular flexibility index (Phi) is 5.27. The lowest BCUT2D eigenvalue weighted by molar-refractivity contribution is -0.141. The van der Waals surface area contributed by atoms with Crippen molar-refractivity contribution in [2.75, 3.05) is 13.6 Å². The van der Waals surface area contributed by atoms with Gasteiger partial charge in [0.05, 0.1) is 5.92 Å². The van der Waals surface area contributed by atoms with Gasteiger partial charge >= 0.3 is 12.0 Å². The van der Waals surface area contributed by atoms with Gasteiger partial charge in [0.2, 0.25) is 5.91 Å².